The SMILES string of the molecule is Nc1ccccc1C=Cc1ccc(I)cc1. The monoisotopic (exact) mass is 321 g/mol. The summed E-state index contributed by atoms with van der Waals surface area (Å²) in [5.74, 6) is 0. The lowest BCUT2D eigenvalue weighted by atomic mass is 10.1. The Morgan fingerprint density at radius 1 is 0.875 bits per heavy atom. The highest BCUT2D eigenvalue weighted by Gasteiger charge is 1.92. The summed E-state index contributed by atoms with van der Waals surface area (Å²) in [6.07, 6.45) is 4.11. The van der Waals surface area contributed by atoms with Gasteiger partial charge in [-0.15, -0.1) is 0 Å². The average molecular weight is 321 g/mol. The Bertz CT molecular complexity index is 500. The van der Waals surface area contributed by atoms with Crippen LogP contribution in [0.5, 0.6) is 0 Å². The van der Waals surface area contributed by atoms with Crippen LogP contribution in [0.15, 0.2) is 48.5 Å². The molecule has 2 heteroatoms. The van der Waals surface area contributed by atoms with Crippen LogP contribution in [0, 0.1) is 3.57 Å². The topological polar surface area (TPSA) is 26.0 Å². The molecular weight excluding hydrogens is 309 g/mol. The second kappa shape index (κ2) is 5.16. The molecule has 0 atom stereocenters. The fraction of sp³-hybridized carbons (Fsp3) is 0. The maximum Gasteiger partial charge on any atom is 0.0387 e. The molecule has 0 aromatic heterocycles. The number of benzene rings is 2. The van der Waals surface area contributed by atoms with Gasteiger partial charge >= 0.3 is 0 Å². The minimum Gasteiger partial charge on any atom is -0.398 e. The molecule has 1 nitrogen and oxygen atoms in total. The molecule has 2 aromatic carbocycles. The predicted molar refractivity (Wildman–Crippen MR) is 78.9 cm³/mol. The summed E-state index contributed by atoms with van der Waals surface area (Å²) in [4.78, 5) is 0. The number of para-hydroxylation sites is 1. The number of nitrogens with two attached hydrogens (primary N) is 1. The van der Waals surface area contributed by atoms with Gasteiger partial charge in [-0.05, 0) is 51.9 Å². The zero-order chi connectivity index (χ0) is 11.4. The summed E-state index contributed by atoms with van der Waals surface area (Å²) in [5.41, 5.74) is 8.91. The Labute approximate surface area is 109 Å². The highest BCUT2D eigenvalue weighted by atomic mass is 127. The third kappa shape index (κ3) is 2.85. The van der Waals surface area contributed by atoms with E-state index in [0.29, 0.717) is 0 Å². The van der Waals surface area contributed by atoms with Crippen LogP contribution in [-0.4, -0.2) is 0 Å². The van der Waals surface area contributed by atoms with E-state index in [1.165, 1.54) is 9.13 Å². The van der Waals surface area contributed by atoms with E-state index in [4.69, 9.17) is 5.73 Å². The highest BCUT2D eigenvalue weighted by molar-refractivity contribution is 14.1. The molecule has 0 radical (unpaired) electrons. The molecule has 0 aliphatic carbocycles. The molecule has 0 bridgehead atoms. The van der Waals surface area contributed by atoms with E-state index < -0.39 is 0 Å². The molecule has 0 unspecified atom stereocenters. The minimum absolute atomic E-state index is 0.810. The van der Waals surface area contributed by atoms with Crippen LogP contribution in [0.3, 0.4) is 0 Å². The molecule has 80 valence electrons. The van der Waals surface area contributed by atoms with Crippen molar-refractivity contribution in [3.63, 3.8) is 0 Å². The van der Waals surface area contributed by atoms with E-state index in [2.05, 4.69) is 52.9 Å². The molecule has 16 heavy (non-hydrogen) atoms. The first-order chi connectivity index (χ1) is 7.75. The molecule has 2 aromatic rings. The molecule has 0 heterocycles. The van der Waals surface area contributed by atoms with Crippen molar-refractivity contribution in [3.8, 4) is 0 Å². The second-order valence-corrected chi connectivity index (χ2v) is 4.76. The van der Waals surface area contributed by atoms with Gasteiger partial charge in [-0.25, -0.2) is 0 Å². The summed E-state index contributed by atoms with van der Waals surface area (Å²) in [5, 5.41) is 0. The Morgan fingerprint density at radius 3 is 2.25 bits per heavy atom. The van der Waals surface area contributed by atoms with Crippen molar-refractivity contribution in [1.82, 2.24) is 0 Å². The largest absolute Gasteiger partial charge is 0.398 e. The Hall–Kier alpha value is -1.29. The average Bonchev–Trinajstić information content (AvgIpc) is 2.30. The first-order valence-electron chi connectivity index (χ1n) is 5.04. The highest BCUT2D eigenvalue weighted by Crippen LogP contribution is 2.15. The lowest BCUT2D eigenvalue weighted by molar-refractivity contribution is 1.61. The van der Waals surface area contributed by atoms with Gasteiger partial charge in [-0.3, -0.25) is 0 Å². The van der Waals surface area contributed by atoms with Crippen molar-refractivity contribution in [3.05, 3.63) is 63.2 Å². The third-order valence-electron chi connectivity index (χ3n) is 2.32. The summed E-state index contributed by atoms with van der Waals surface area (Å²) in [7, 11) is 0. The third-order valence-corrected chi connectivity index (χ3v) is 3.04. The van der Waals surface area contributed by atoms with E-state index in [1.54, 1.807) is 0 Å². The summed E-state index contributed by atoms with van der Waals surface area (Å²) in [6.45, 7) is 0. The molecule has 0 fully saturated rings. The van der Waals surface area contributed by atoms with Gasteiger partial charge in [0, 0.05) is 9.26 Å². The van der Waals surface area contributed by atoms with Crippen LogP contribution >= 0.6 is 22.6 Å². The number of rotatable bonds is 2. The lowest BCUT2D eigenvalue weighted by Crippen LogP contribution is -1.87. The van der Waals surface area contributed by atoms with Gasteiger partial charge in [0.25, 0.3) is 0 Å². The van der Waals surface area contributed by atoms with Crippen LogP contribution in [0.2, 0.25) is 0 Å². The van der Waals surface area contributed by atoms with Crippen LogP contribution < -0.4 is 5.73 Å². The Balaban J connectivity index is 2.21. The summed E-state index contributed by atoms with van der Waals surface area (Å²) < 4.78 is 1.24. The van der Waals surface area contributed by atoms with Crippen molar-refractivity contribution in [1.29, 1.82) is 0 Å². The van der Waals surface area contributed by atoms with E-state index in [1.807, 2.05) is 30.3 Å². The quantitative estimate of drug-likeness (QED) is 0.504. The van der Waals surface area contributed by atoms with Crippen molar-refractivity contribution >= 4 is 40.4 Å². The lowest BCUT2D eigenvalue weighted by Gasteiger charge is -1.98. The zero-order valence-electron chi connectivity index (χ0n) is 8.73. The standard InChI is InChI=1S/C14H12IN/c15-13-9-6-11(7-10-13)5-8-12-3-1-2-4-14(12)16/h1-10H,16H2. The van der Waals surface area contributed by atoms with Crippen LogP contribution in [0.4, 0.5) is 5.69 Å². The number of nitrogen functional groups attached to an aromatic ring is 1. The van der Waals surface area contributed by atoms with E-state index in [0.717, 1.165) is 11.3 Å². The first-order valence-corrected chi connectivity index (χ1v) is 6.12. The van der Waals surface area contributed by atoms with E-state index in [9.17, 15) is 0 Å². The van der Waals surface area contributed by atoms with Gasteiger partial charge in [-0.1, -0.05) is 42.5 Å². The van der Waals surface area contributed by atoms with Crippen molar-refractivity contribution < 1.29 is 0 Å². The first kappa shape index (κ1) is 11.2. The maximum atomic E-state index is 5.86. The Kier molecular flexibility index (Phi) is 3.62. The molecule has 0 saturated heterocycles. The van der Waals surface area contributed by atoms with Gasteiger partial charge in [-0.2, -0.15) is 0 Å². The van der Waals surface area contributed by atoms with Gasteiger partial charge in [0.15, 0.2) is 0 Å². The molecule has 0 aliphatic heterocycles. The van der Waals surface area contributed by atoms with Gasteiger partial charge < -0.3 is 5.73 Å². The van der Waals surface area contributed by atoms with Crippen LogP contribution in [-0.2, 0) is 0 Å². The zero-order valence-corrected chi connectivity index (χ0v) is 10.9. The second-order valence-electron chi connectivity index (χ2n) is 3.51. The molecule has 0 amide bonds. The molecular formula is C14H12IN. The van der Waals surface area contributed by atoms with Crippen LogP contribution in [0.25, 0.3) is 12.2 Å². The minimum atomic E-state index is 0.810. The number of anilines is 1. The fourth-order valence-corrected chi connectivity index (χ4v) is 1.78. The van der Waals surface area contributed by atoms with E-state index >= 15 is 0 Å². The number of hydrogen-bond acceptors (Lipinski definition) is 1. The maximum absolute atomic E-state index is 5.86. The molecule has 2 N–H and O–H groups in total. The fourth-order valence-electron chi connectivity index (χ4n) is 1.42. The van der Waals surface area contributed by atoms with Crippen LogP contribution in [0.1, 0.15) is 11.1 Å². The van der Waals surface area contributed by atoms with E-state index in [-0.39, 0.29) is 0 Å². The predicted octanol–water partition coefficient (Wildman–Crippen LogP) is 4.04. The molecule has 0 saturated carbocycles. The smallest absolute Gasteiger partial charge is 0.0387 e. The van der Waals surface area contributed by atoms with Gasteiger partial charge in [0.05, 0.1) is 0 Å². The van der Waals surface area contributed by atoms with Gasteiger partial charge in [0.2, 0.25) is 0 Å². The van der Waals surface area contributed by atoms with Crippen molar-refractivity contribution in [2.75, 3.05) is 5.73 Å². The summed E-state index contributed by atoms with van der Waals surface area (Å²) >= 11 is 2.30. The van der Waals surface area contributed by atoms with Crippen molar-refractivity contribution in [2.24, 2.45) is 0 Å². The number of hydrogen-bond donors (Lipinski definition) is 1. The normalized spacial score (nSPS) is 10.8. The molecule has 0 aliphatic rings. The summed E-state index contributed by atoms with van der Waals surface area (Å²) in [6, 6.07) is 16.2. The number of halogens is 1. The molecule has 0 spiro atoms. The molecule has 2 rings (SSSR count). The van der Waals surface area contributed by atoms with Crippen molar-refractivity contribution in [2.45, 2.75) is 0 Å². The Morgan fingerprint density at radius 2 is 1.56 bits per heavy atom. The van der Waals surface area contributed by atoms with Gasteiger partial charge in [0.1, 0.15) is 0 Å².